The lowest BCUT2D eigenvalue weighted by molar-refractivity contribution is 0.0972. The highest BCUT2D eigenvalue weighted by Gasteiger charge is 2.46. The molecule has 0 aromatic carbocycles. The topological polar surface area (TPSA) is 401 Å². The molecular weight excluding hydrogens is 1620 g/mol. The van der Waals surface area contributed by atoms with Crippen LogP contribution in [0.2, 0.25) is 5.02 Å². The number of anilines is 6. The third kappa shape index (κ3) is 20.2. The Labute approximate surface area is 720 Å². The normalized spacial score (nSPS) is 22.1. The average molecular weight is 1730 g/mol. The lowest BCUT2D eigenvalue weighted by atomic mass is 9.90. The smallest absolute Gasteiger partial charge is 0.281 e. The highest BCUT2D eigenvalue weighted by molar-refractivity contribution is 7.90. The van der Waals surface area contributed by atoms with Crippen LogP contribution in [0.1, 0.15) is 256 Å². The van der Waals surface area contributed by atoms with Crippen molar-refractivity contribution in [3.05, 3.63) is 213 Å². The van der Waals surface area contributed by atoms with E-state index in [-0.39, 0.29) is 88.7 Å². The number of carbonyl (C=O) groups excluding carboxylic acids is 3. The number of aromatic nitrogens is 9. The summed E-state index contributed by atoms with van der Waals surface area (Å²) in [6, 6.07) is 36.9. The lowest BCUT2D eigenvalue weighted by Gasteiger charge is -2.34. The van der Waals surface area contributed by atoms with Crippen molar-refractivity contribution in [2.45, 2.75) is 234 Å². The van der Waals surface area contributed by atoms with E-state index in [1.165, 1.54) is 24.4 Å². The number of carbonyl (C=O) groups is 3. The number of sulfonamides is 3. The molecule has 644 valence electrons. The summed E-state index contributed by atoms with van der Waals surface area (Å²) in [5.41, 5.74) is 10.9. The van der Waals surface area contributed by atoms with Gasteiger partial charge in [0.25, 0.3) is 47.8 Å². The molecule has 8 N–H and O–H groups in total. The number of fused-ring (bicyclic) bond motifs is 18. The minimum Gasteiger partial charge on any atom is -0.362 e. The van der Waals surface area contributed by atoms with Gasteiger partial charge in [-0.2, -0.15) is 30.5 Å². The molecule has 3 saturated heterocycles. The van der Waals surface area contributed by atoms with E-state index in [1.807, 2.05) is 24.3 Å². The maximum Gasteiger partial charge on any atom is 0.281 e. The SMILES string of the molecule is CC(C)(C)c1ccc2c(n1)N1C[C@@H](CCC(c3ccc(C#N)cn3)Nc3cccc(n3)S(=O)(=O)NC2=O)CC1(C)C.CC(C)(C)c1ccc2c(n1)N1C[C@@H](CCC(c3ccc(CN)cn3)Nc3cccc(n3)S(=O)(=O)NC2=O)CC1(C)C.CC(C)(C)c1ccc2c(n1)N1C[C@@H](CCC(c3ccc(Cl)cn3)Nc3cccc(n3)S(=O)(=O)NC2=O)CC1(C)C. The van der Waals surface area contributed by atoms with Crippen LogP contribution < -0.4 is 50.6 Å². The van der Waals surface area contributed by atoms with Crippen LogP contribution >= 0.6 is 11.6 Å². The number of nitrogens with one attached hydrogen (secondary N) is 6. The first-order chi connectivity index (χ1) is 57.3. The van der Waals surface area contributed by atoms with Crippen LogP contribution in [0.25, 0.3) is 0 Å². The average Bonchev–Trinajstić information content (AvgIpc) is 1.58. The number of nitriles is 1. The van der Waals surface area contributed by atoms with Crippen LogP contribution in [0, 0.1) is 29.1 Å². The molecule has 0 spiro atoms. The van der Waals surface area contributed by atoms with Gasteiger partial charge in [0.2, 0.25) is 0 Å². The molecule has 12 bridgehead atoms. The number of amides is 3. The minimum absolute atomic E-state index is 0.206. The Morgan fingerprint density at radius 1 is 0.426 bits per heavy atom. The minimum atomic E-state index is -4.29. The first-order valence-electron chi connectivity index (χ1n) is 41.2. The van der Waals surface area contributed by atoms with Gasteiger partial charge in [0.15, 0.2) is 15.1 Å². The zero-order valence-electron chi connectivity index (χ0n) is 71.7. The summed E-state index contributed by atoms with van der Waals surface area (Å²) in [6.45, 7) is 33.9. The summed E-state index contributed by atoms with van der Waals surface area (Å²) in [5.74, 6) is 1.30. The van der Waals surface area contributed by atoms with Gasteiger partial charge in [-0.1, -0.05) is 98.2 Å². The molecule has 0 aliphatic carbocycles. The molecule has 6 aliphatic heterocycles. The van der Waals surface area contributed by atoms with Gasteiger partial charge < -0.3 is 36.4 Å². The zero-order valence-corrected chi connectivity index (χ0v) is 74.9. The molecule has 0 saturated carbocycles. The van der Waals surface area contributed by atoms with Gasteiger partial charge in [0.1, 0.15) is 41.0 Å². The van der Waals surface area contributed by atoms with Gasteiger partial charge >= 0.3 is 0 Å². The maximum absolute atomic E-state index is 13.6. The van der Waals surface area contributed by atoms with Gasteiger partial charge in [0, 0.05) is 94.7 Å². The molecule has 15 heterocycles. The number of pyridine rings is 9. The molecule has 122 heavy (non-hydrogen) atoms. The van der Waals surface area contributed by atoms with Crippen LogP contribution in [-0.2, 0) is 52.9 Å². The Morgan fingerprint density at radius 2 is 0.746 bits per heavy atom. The van der Waals surface area contributed by atoms with Crippen LogP contribution in [0.5, 0.6) is 0 Å². The second kappa shape index (κ2) is 34.5. The van der Waals surface area contributed by atoms with E-state index in [0.717, 1.165) is 91.1 Å². The number of nitrogens with two attached hydrogens (primary N) is 1. The summed E-state index contributed by atoms with van der Waals surface area (Å²) in [5, 5.41) is 19.1. The van der Waals surface area contributed by atoms with Crippen molar-refractivity contribution in [3.8, 4) is 6.07 Å². The number of rotatable bonds is 4. The van der Waals surface area contributed by atoms with Gasteiger partial charge in [-0.3, -0.25) is 29.3 Å². The second-order valence-corrected chi connectivity index (χ2v) is 42.7. The van der Waals surface area contributed by atoms with Crippen molar-refractivity contribution in [1.82, 2.24) is 59.0 Å². The fourth-order valence-electron chi connectivity index (χ4n) is 16.9. The Bertz CT molecular complexity index is 5840. The fraction of sp³-hybridized carbons (Fsp3) is 0.449. The van der Waals surface area contributed by atoms with E-state index in [0.29, 0.717) is 89.9 Å². The Morgan fingerprint density at radius 3 is 1.02 bits per heavy atom. The number of hydrogen-bond donors (Lipinski definition) is 7. The summed E-state index contributed by atoms with van der Waals surface area (Å²) in [4.78, 5) is 88.8. The number of nitrogens with zero attached hydrogens (tertiary/aromatic N) is 13. The molecule has 3 fully saturated rings. The van der Waals surface area contributed by atoms with Crippen LogP contribution in [0.3, 0.4) is 0 Å². The molecule has 9 aromatic rings. The van der Waals surface area contributed by atoms with E-state index in [9.17, 15) is 44.9 Å². The van der Waals surface area contributed by atoms with Crippen molar-refractivity contribution in [1.29, 1.82) is 5.26 Å². The second-order valence-electron chi connectivity index (χ2n) is 37.4. The van der Waals surface area contributed by atoms with Crippen molar-refractivity contribution in [3.63, 3.8) is 0 Å². The predicted molar refractivity (Wildman–Crippen MR) is 471 cm³/mol. The highest BCUT2D eigenvalue weighted by atomic mass is 35.5. The largest absolute Gasteiger partial charge is 0.362 e. The first-order valence-corrected chi connectivity index (χ1v) is 46.0. The van der Waals surface area contributed by atoms with Crippen molar-refractivity contribution in [2.75, 3.05) is 50.3 Å². The quantitative estimate of drug-likeness (QED) is 0.0860. The summed E-state index contributed by atoms with van der Waals surface area (Å²) in [7, 11) is -12.8. The highest BCUT2D eigenvalue weighted by Crippen LogP contribution is 2.46. The molecule has 29 nitrogen and oxygen atoms in total. The molecule has 6 atom stereocenters. The van der Waals surface area contributed by atoms with Crippen LogP contribution in [0.15, 0.2) is 161 Å². The molecular formula is C89H109ClN20O9S3. The molecule has 3 unspecified atom stereocenters. The van der Waals surface area contributed by atoms with Gasteiger partial charge in [-0.25, -0.2) is 44.1 Å². The standard InChI is InChI=1S/C30H39N7O3S.C30H35N7O3S.C29H35ClN6O3S/c2*1-29(2,3)24-14-11-21-27(34-24)37-18-19(15-30(37,4)5)9-13-23(22-12-10-20(16-31)17-32-22)33-25-7-6-8-26(35-25)41(39,40)36-28(21)38;1-28(2,3)23-14-11-20-26(33-23)36-17-18(15-29(36,4)5)9-12-22(21-13-10-19(30)16-31-21)32-24-7-6-8-25(34-24)40(38,39)35-27(20)37/h6-8,10-12,14,17,19,23H,9,13,15-16,18,31H2,1-5H3,(H,33,35)(H,36,38);6-8,10-12,14,17,19,23H,9,13,15,18H2,1-5H3,(H,33,35)(H,36,38);6-8,10-11,13-14,16,18,22H,9,12,15,17H2,1-5H3,(H,32,34)(H,35,37)/t2*19-,23?;18-,22?/m000/s1. The summed E-state index contributed by atoms with van der Waals surface area (Å²) in [6.07, 6.45) is 12.4. The zero-order chi connectivity index (χ0) is 88.0. The molecule has 3 amide bonds. The molecule has 6 aliphatic rings. The number of hydrogen-bond acceptors (Lipinski definition) is 26. The third-order valence-electron chi connectivity index (χ3n) is 23.4. The summed E-state index contributed by atoms with van der Waals surface area (Å²) >= 11 is 6.10. The maximum atomic E-state index is 13.6. The van der Waals surface area contributed by atoms with E-state index in [2.05, 4.69) is 185 Å². The molecule has 15 rings (SSSR count). The monoisotopic (exact) mass is 1730 g/mol. The van der Waals surface area contributed by atoms with Crippen molar-refractivity contribution < 1.29 is 39.6 Å². The van der Waals surface area contributed by atoms with Crippen LogP contribution in [-0.4, -0.2) is 124 Å². The molecule has 9 aromatic heterocycles. The van der Waals surface area contributed by atoms with E-state index in [4.69, 9.17) is 32.3 Å². The van der Waals surface area contributed by atoms with Gasteiger partial charge in [-0.05, 0) is 226 Å². The fourth-order valence-corrected chi connectivity index (χ4v) is 19.8. The van der Waals surface area contributed by atoms with E-state index >= 15 is 0 Å². The Balaban J connectivity index is 0.000000158. The van der Waals surface area contributed by atoms with Gasteiger partial charge in [0.05, 0.1) is 62.5 Å². The molecule has 33 heteroatoms. The number of halogens is 1. The van der Waals surface area contributed by atoms with Crippen LogP contribution in [0.4, 0.5) is 34.9 Å². The van der Waals surface area contributed by atoms with E-state index in [1.54, 1.807) is 97.3 Å². The predicted octanol–water partition coefficient (Wildman–Crippen LogP) is 14.5. The Hall–Kier alpha value is -10.9. The third-order valence-corrected chi connectivity index (χ3v) is 27.3. The molecule has 0 radical (unpaired) electrons. The van der Waals surface area contributed by atoms with Gasteiger partial charge in [-0.15, -0.1) is 0 Å². The van der Waals surface area contributed by atoms with Crippen molar-refractivity contribution >= 4 is 94.3 Å². The first kappa shape index (κ1) is 88.9. The van der Waals surface area contributed by atoms with E-state index < -0.39 is 47.8 Å². The van der Waals surface area contributed by atoms with Crippen molar-refractivity contribution in [2.24, 2.45) is 23.5 Å². The lowest BCUT2D eigenvalue weighted by Crippen LogP contribution is -2.41. The summed E-state index contributed by atoms with van der Waals surface area (Å²) < 4.78 is 86.9. The Kier molecular flexibility index (Phi) is 25.1.